The van der Waals surface area contributed by atoms with E-state index in [2.05, 4.69) is 4.98 Å². The summed E-state index contributed by atoms with van der Waals surface area (Å²) < 4.78 is 5.05. The van der Waals surface area contributed by atoms with Gasteiger partial charge in [0.05, 0.1) is 11.1 Å². The molecule has 0 saturated carbocycles. The van der Waals surface area contributed by atoms with Crippen LogP contribution in [-0.4, -0.2) is 53.7 Å². The average Bonchev–Trinajstić information content (AvgIpc) is 2.93. The van der Waals surface area contributed by atoms with E-state index in [9.17, 15) is 14.7 Å². The van der Waals surface area contributed by atoms with E-state index in [1.54, 1.807) is 12.0 Å². The lowest BCUT2D eigenvalue weighted by molar-refractivity contribution is -0.153. The second kappa shape index (κ2) is 7.27. The number of aryl methyl sites for hydroxylation is 1. The number of methoxy groups -OCH3 is 1. The van der Waals surface area contributed by atoms with Gasteiger partial charge in [-0.2, -0.15) is 0 Å². The molecule has 2 rings (SSSR count). The Bertz CT molecular complexity index is 589. The van der Waals surface area contributed by atoms with E-state index in [0.29, 0.717) is 54.5 Å². The zero-order chi connectivity index (χ0) is 17.0. The van der Waals surface area contributed by atoms with E-state index in [0.717, 1.165) is 0 Å². The molecule has 1 atom stereocenters. The van der Waals surface area contributed by atoms with Crippen LogP contribution < -0.4 is 5.73 Å². The Kier molecular flexibility index (Phi) is 5.59. The third kappa shape index (κ3) is 3.64. The molecule has 0 bridgehead atoms. The van der Waals surface area contributed by atoms with Crippen LogP contribution in [0.5, 0.6) is 0 Å². The van der Waals surface area contributed by atoms with Crippen molar-refractivity contribution in [1.82, 2.24) is 9.88 Å². The number of anilines is 1. The van der Waals surface area contributed by atoms with Gasteiger partial charge in [0.1, 0.15) is 4.88 Å². The van der Waals surface area contributed by atoms with Gasteiger partial charge in [-0.25, -0.2) is 4.98 Å². The number of carbonyl (C=O) groups excluding carboxylic acids is 1. The molecule has 0 aromatic carbocycles. The molecule has 0 radical (unpaired) electrons. The van der Waals surface area contributed by atoms with Crippen molar-refractivity contribution >= 4 is 28.3 Å². The van der Waals surface area contributed by atoms with Gasteiger partial charge in [-0.3, -0.25) is 9.59 Å². The number of nitrogens with two attached hydrogens (primary N) is 1. The van der Waals surface area contributed by atoms with Crippen molar-refractivity contribution in [1.29, 1.82) is 0 Å². The standard InChI is InChI=1S/C15H23N3O4S/c1-3-10-11(23-14(16)17-10)12(19)18-7-4-5-15(9-18,13(20)21)6-8-22-2/h3-9H2,1-2H3,(H2,16,17)(H,20,21)/t15-/m1/s1. The molecule has 1 saturated heterocycles. The summed E-state index contributed by atoms with van der Waals surface area (Å²) in [6.45, 7) is 3.04. The van der Waals surface area contributed by atoms with Crippen LogP contribution in [0.1, 0.15) is 41.6 Å². The predicted molar refractivity (Wildman–Crippen MR) is 87.6 cm³/mol. The lowest BCUT2D eigenvalue weighted by atomic mass is 9.77. The molecule has 1 aromatic heterocycles. The van der Waals surface area contributed by atoms with Gasteiger partial charge in [-0.05, 0) is 25.7 Å². The Morgan fingerprint density at radius 1 is 1.52 bits per heavy atom. The minimum Gasteiger partial charge on any atom is -0.481 e. The van der Waals surface area contributed by atoms with Crippen molar-refractivity contribution in [2.75, 3.05) is 32.5 Å². The smallest absolute Gasteiger partial charge is 0.311 e. The van der Waals surface area contributed by atoms with Crippen LogP contribution in [0.3, 0.4) is 0 Å². The minimum atomic E-state index is -0.938. The third-order valence-electron chi connectivity index (χ3n) is 4.35. The van der Waals surface area contributed by atoms with E-state index < -0.39 is 11.4 Å². The number of carbonyl (C=O) groups is 2. The number of hydrogen-bond acceptors (Lipinski definition) is 6. The zero-order valence-electron chi connectivity index (χ0n) is 13.5. The topological polar surface area (TPSA) is 106 Å². The highest BCUT2D eigenvalue weighted by Crippen LogP contribution is 2.35. The molecule has 1 amide bonds. The SMILES string of the molecule is CCc1nc(N)sc1C(=O)N1CCC[C@](CCOC)(C(=O)O)C1. The number of carboxylic acids is 1. The highest BCUT2D eigenvalue weighted by molar-refractivity contribution is 7.17. The second-order valence-corrected chi connectivity index (χ2v) is 6.87. The normalized spacial score (nSPS) is 21.4. The average molecular weight is 341 g/mol. The number of likely N-dealkylation sites (tertiary alicyclic amines) is 1. The van der Waals surface area contributed by atoms with Gasteiger partial charge in [0.2, 0.25) is 0 Å². The summed E-state index contributed by atoms with van der Waals surface area (Å²) in [6, 6.07) is 0. The molecular weight excluding hydrogens is 318 g/mol. The van der Waals surface area contributed by atoms with Crippen molar-refractivity contribution in [3.63, 3.8) is 0 Å². The predicted octanol–water partition coefficient (Wildman–Crippen LogP) is 1.63. The summed E-state index contributed by atoms with van der Waals surface area (Å²) in [7, 11) is 1.55. The number of rotatable bonds is 6. The number of aliphatic carboxylic acids is 1. The van der Waals surface area contributed by atoms with Gasteiger partial charge < -0.3 is 20.5 Å². The van der Waals surface area contributed by atoms with Crippen LogP contribution in [0, 0.1) is 5.41 Å². The maximum atomic E-state index is 12.8. The maximum Gasteiger partial charge on any atom is 0.311 e. The second-order valence-electron chi connectivity index (χ2n) is 5.84. The van der Waals surface area contributed by atoms with E-state index in [-0.39, 0.29) is 12.5 Å². The Labute approximate surface area is 139 Å². The Balaban J connectivity index is 2.22. The number of amides is 1. The van der Waals surface area contributed by atoms with Gasteiger partial charge in [-0.15, -0.1) is 0 Å². The van der Waals surface area contributed by atoms with Crippen LogP contribution in [0.15, 0.2) is 0 Å². The first-order valence-electron chi connectivity index (χ1n) is 7.70. The highest BCUT2D eigenvalue weighted by atomic mass is 32.1. The number of nitrogen functional groups attached to an aromatic ring is 1. The molecular formula is C15H23N3O4S. The molecule has 1 fully saturated rings. The molecule has 3 N–H and O–H groups in total. The van der Waals surface area contributed by atoms with Gasteiger partial charge in [0.15, 0.2) is 5.13 Å². The number of hydrogen-bond donors (Lipinski definition) is 2. The van der Waals surface area contributed by atoms with E-state index >= 15 is 0 Å². The van der Waals surface area contributed by atoms with Crippen molar-refractivity contribution in [2.24, 2.45) is 5.41 Å². The van der Waals surface area contributed by atoms with Crippen molar-refractivity contribution in [2.45, 2.75) is 32.6 Å². The van der Waals surface area contributed by atoms with Gasteiger partial charge in [0.25, 0.3) is 5.91 Å². The Morgan fingerprint density at radius 2 is 2.26 bits per heavy atom. The molecule has 7 nitrogen and oxygen atoms in total. The van der Waals surface area contributed by atoms with Gasteiger partial charge >= 0.3 is 5.97 Å². The van der Waals surface area contributed by atoms with Crippen LogP contribution in [0.2, 0.25) is 0 Å². The molecule has 0 aliphatic carbocycles. The van der Waals surface area contributed by atoms with E-state index in [1.165, 1.54) is 11.3 Å². The van der Waals surface area contributed by atoms with Gasteiger partial charge in [0, 0.05) is 26.8 Å². The fraction of sp³-hybridized carbons (Fsp3) is 0.667. The monoisotopic (exact) mass is 341 g/mol. The number of carboxylic acid groups (broad SMARTS) is 1. The Morgan fingerprint density at radius 3 is 2.87 bits per heavy atom. The number of thiazole rings is 1. The molecule has 8 heteroatoms. The number of nitrogens with zero attached hydrogens (tertiary/aromatic N) is 2. The molecule has 128 valence electrons. The maximum absolute atomic E-state index is 12.8. The van der Waals surface area contributed by atoms with Crippen molar-refractivity contribution in [3.8, 4) is 0 Å². The van der Waals surface area contributed by atoms with Crippen molar-refractivity contribution in [3.05, 3.63) is 10.6 Å². The molecule has 1 aliphatic heterocycles. The van der Waals surface area contributed by atoms with Crippen LogP contribution in [-0.2, 0) is 16.0 Å². The van der Waals surface area contributed by atoms with E-state index in [4.69, 9.17) is 10.5 Å². The quantitative estimate of drug-likeness (QED) is 0.814. The first kappa shape index (κ1) is 17.7. The molecule has 0 spiro atoms. The highest BCUT2D eigenvalue weighted by Gasteiger charge is 2.43. The number of piperidine rings is 1. The van der Waals surface area contributed by atoms with E-state index in [1.807, 2.05) is 6.92 Å². The number of ether oxygens (including phenoxy) is 1. The summed E-state index contributed by atoms with van der Waals surface area (Å²) in [5.74, 6) is -1.04. The molecule has 2 heterocycles. The lowest BCUT2D eigenvalue weighted by Crippen LogP contribution is -2.50. The third-order valence-corrected chi connectivity index (χ3v) is 5.26. The summed E-state index contributed by atoms with van der Waals surface area (Å²) in [5, 5.41) is 10.0. The molecule has 0 unspecified atom stereocenters. The minimum absolute atomic E-state index is 0.168. The largest absolute Gasteiger partial charge is 0.481 e. The first-order valence-corrected chi connectivity index (χ1v) is 8.52. The van der Waals surface area contributed by atoms with Crippen LogP contribution in [0.25, 0.3) is 0 Å². The molecule has 23 heavy (non-hydrogen) atoms. The fourth-order valence-corrected chi connectivity index (χ4v) is 3.90. The zero-order valence-corrected chi connectivity index (χ0v) is 14.3. The molecule has 1 aliphatic rings. The lowest BCUT2D eigenvalue weighted by Gasteiger charge is -2.39. The summed E-state index contributed by atoms with van der Waals surface area (Å²) in [4.78, 5) is 30.9. The molecule has 1 aromatic rings. The first-order chi connectivity index (χ1) is 10.9. The number of aromatic nitrogens is 1. The summed E-state index contributed by atoms with van der Waals surface area (Å²) in [5.41, 5.74) is 5.46. The fourth-order valence-electron chi connectivity index (χ4n) is 3.01. The summed E-state index contributed by atoms with van der Waals surface area (Å²) >= 11 is 1.17. The summed E-state index contributed by atoms with van der Waals surface area (Å²) in [6.07, 6.45) is 2.24. The van der Waals surface area contributed by atoms with Crippen molar-refractivity contribution < 1.29 is 19.4 Å². The Hall–Kier alpha value is -1.67. The van der Waals surface area contributed by atoms with Crippen LogP contribution >= 0.6 is 11.3 Å². The van der Waals surface area contributed by atoms with Crippen LogP contribution in [0.4, 0.5) is 5.13 Å². The van der Waals surface area contributed by atoms with Gasteiger partial charge in [-0.1, -0.05) is 18.3 Å².